The summed E-state index contributed by atoms with van der Waals surface area (Å²) in [5.41, 5.74) is 3.63. The standard InChI is InChI=1S/C17H19NOS/c1-3-16-15(14-6-4-5-7-17(14)19-16)10-18-12(2)13-8-9-20-11-13/h4-9,11-12,18H,3,10H2,1-2H3. The monoisotopic (exact) mass is 285 g/mol. The fourth-order valence-corrected chi connectivity index (χ4v) is 3.28. The molecule has 0 aliphatic rings. The lowest BCUT2D eigenvalue weighted by atomic mass is 10.1. The van der Waals surface area contributed by atoms with Gasteiger partial charge in [-0.1, -0.05) is 25.1 Å². The average Bonchev–Trinajstić information content (AvgIpc) is 3.12. The van der Waals surface area contributed by atoms with Gasteiger partial charge < -0.3 is 9.73 Å². The van der Waals surface area contributed by atoms with E-state index >= 15 is 0 Å². The average molecular weight is 285 g/mol. The highest BCUT2D eigenvalue weighted by Gasteiger charge is 2.13. The van der Waals surface area contributed by atoms with Crippen molar-refractivity contribution in [1.82, 2.24) is 5.32 Å². The molecule has 20 heavy (non-hydrogen) atoms. The molecule has 2 heterocycles. The van der Waals surface area contributed by atoms with Crippen molar-refractivity contribution in [3.63, 3.8) is 0 Å². The Kier molecular flexibility index (Phi) is 3.90. The first-order valence-corrected chi connectivity index (χ1v) is 7.98. The van der Waals surface area contributed by atoms with Crippen LogP contribution in [0.1, 0.15) is 36.8 Å². The normalized spacial score (nSPS) is 12.9. The predicted molar refractivity (Wildman–Crippen MR) is 85.2 cm³/mol. The van der Waals surface area contributed by atoms with Crippen molar-refractivity contribution in [1.29, 1.82) is 0 Å². The first kappa shape index (κ1) is 13.4. The van der Waals surface area contributed by atoms with Gasteiger partial charge >= 0.3 is 0 Å². The van der Waals surface area contributed by atoms with Gasteiger partial charge in [-0.05, 0) is 35.4 Å². The van der Waals surface area contributed by atoms with Gasteiger partial charge in [0.2, 0.25) is 0 Å². The molecule has 0 spiro atoms. The Morgan fingerprint density at radius 3 is 2.85 bits per heavy atom. The molecule has 0 amide bonds. The van der Waals surface area contributed by atoms with Crippen LogP contribution in [0.25, 0.3) is 11.0 Å². The van der Waals surface area contributed by atoms with Crippen LogP contribution in [0.15, 0.2) is 45.5 Å². The summed E-state index contributed by atoms with van der Waals surface area (Å²) >= 11 is 1.74. The van der Waals surface area contributed by atoms with Crippen molar-refractivity contribution < 1.29 is 4.42 Å². The Hall–Kier alpha value is -1.58. The second-order valence-electron chi connectivity index (χ2n) is 5.01. The van der Waals surface area contributed by atoms with E-state index in [1.165, 1.54) is 16.5 Å². The van der Waals surface area contributed by atoms with Crippen molar-refractivity contribution >= 4 is 22.3 Å². The summed E-state index contributed by atoms with van der Waals surface area (Å²) in [6.07, 6.45) is 0.929. The second-order valence-corrected chi connectivity index (χ2v) is 5.79. The number of benzene rings is 1. The zero-order valence-electron chi connectivity index (χ0n) is 11.8. The molecule has 1 N–H and O–H groups in total. The quantitative estimate of drug-likeness (QED) is 0.720. The van der Waals surface area contributed by atoms with Gasteiger partial charge in [0.15, 0.2) is 0 Å². The molecule has 1 unspecified atom stereocenters. The second kappa shape index (κ2) is 5.81. The van der Waals surface area contributed by atoms with Crippen molar-refractivity contribution in [3.05, 3.63) is 58.0 Å². The first-order valence-electron chi connectivity index (χ1n) is 7.04. The van der Waals surface area contributed by atoms with E-state index in [2.05, 4.69) is 48.1 Å². The Morgan fingerprint density at radius 1 is 1.25 bits per heavy atom. The molecule has 0 radical (unpaired) electrons. The maximum Gasteiger partial charge on any atom is 0.134 e. The van der Waals surface area contributed by atoms with E-state index in [9.17, 15) is 0 Å². The Bertz CT molecular complexity index is 684. The lowest BCUT2D eigenvalue weighted by Gasteiger charge is -2.12. The number of para-hydroxylation sites is 1. The van der Waals surface area contributed by atoms with Crippen LogP contribution in [0.5, 0.6) is 0 Å². The molecule has 0 aliphatic carbocycles. The minimum absolute atomic E-state index is 0.361. The summed E-state index contributed by atoms with van der Waals surface area (Å²) in [6, 6.07) is 10.8. The number of aryl methyl sites for hydroxylation is 1. The predicted octanol–water partition coefficient (Wildman–Crippen LogP) is 4.91. The van der Waals surface area contributed by atoms with Gasteiger partial charge in [-0.3, -0.25) is 0 Å². The SMILES string of the molecule is CCc1oc2ccccc2c1CNC(C)c1ccsc1. The van der Waals surface area contributed by atoms with Crippen LogP contribution in [-0.2, 0) is 13.0 Å². The smallest absolute Gasteiger partial charge is 0.134 e. The molecule has 0 saturated carbocycles. The molecule has 104 valence electrons. The molecule has 2 aromatic heterocycles. The Labute approximate surface area is 123 Å². The fourth-order valence-electron chi connectivity index (χ4n) is 2.52. The van der Waals surface area contributed by atoms with Crippen LogP contribution < -0.4 is 5.32 Å². The number of fused-ring (bicyclic) bond motifs is 1. The molecule has 1 atom stereocenters. The van der Waals surface area contributed by atoms with Gasteiger partial charge in [0, 0.05) is 30.0 Å². The molecule has 3 aromatic rings. The van der Waals surface area contributed by atoms with Crippen molar-refractivity contribution in [2.45, 2.75) is 32.9 Å². The van der Waals surface area contributed by atoms with E-state index in [0.29, 0.717) is 6.04 Å². The van der Waals surface area contributed by atoms with Crippen LogP contribution in [-0.4, -0.2) is 0 Å². The maximum atomic E-state index is 5.93. The molecule has 0 bridgehead atoms. The molecule has 1 aromatic carbocycles. The van der Waals surface area contributed by atoms with E-state index in [1.54, 1.807) is 11.3 Å². The van der Waals surface area contributed by atoms with E-state index in [0.717, 1.165) is 24.3 Å². The van der Waals surface area contributed by atoms with E-state index < -0.39 is 0 Å². The summed E-state index contributed by atoms with van der Waals surface area (Å²) in [5.74, 6) is 1.09. The number of thiophene rings is 1. The molecular weight excluding hydrogens is 266 g/mol. The number of furan rings is 1. The highest BCUT2D eigenvalue weighted by atomic mass is 32.1. The van der Waals surface area contributed by atoms with Gasteiger partial charge in [-0.15, -0.1) is 0 Å². The number of hydrogen-bond donors (Lipinski definition) is 1. The molecule has 0 fully saturated rings. The van der Waals surface area contributed by atoms with Crippen molar-refractivity contribution in [3.8, 4) is 0 Å². The third-order valence-electron chi connectivity index (χ3n) is 3.73. The maximum absolute atomic E-state index is 5.93. The summed E-state index contributed by atoms with van der Waals surface area (Å²) in [5, 5.41) is 9.16. The Morgan fingerprint density at radius 2 is 2.10 bits per heavy atom. The minimum Gasteiger partial charge on any atom is -0.461 e. The number of rotatable bonds is 5. The summed E-state index contributed by atoms with van der Waals surface area (Å²) < 4.78 is 5.93. The van der Waals surface area contributed by atoms with Crippen LogP contribution in [0.2, 0.25) is 0 Å². The highest BCUT2D eigenvalue weighted by Crippen LogP contribution is 2.27. The summed E-state index contributed by atoms with van der Waals surface area (Å²) in [4.78, 5) is 0. The summed E-state index contributed by atoms with van der Waals surface area (Å²) in [7, 11) is 0. The van der Waals surface area contributed by atoms with Crippen LogP contribution >= 0.6 is 11.3 Å². The lowest BCUT2D eigenvalue weighted by Crippen LogP contribution is -2.18. The largest absolute Gasteiger partial charge is 0.461 e. The van der Waals surface area contributed by atoms with Gasteiger partial charge in [0.05, 0.1) is 0 Å². The van der Waals surface area contributed by atoms with E-state index in [1.807, 2.05) is 12.1 Å². The van der Waals surface area contributed by atoms with E-state index in [4.69, 9.17) is 4.42 Å². The third kappa shape index (κ3) is 2.51. The third-order valence-corrected chi connectivity index (χ3v) is 4.43. The van der Waals surface area contributed by atoms with Gasteiger partial charge in [-0.25, -0.2) is 0 Å². The Balaban J connectivity index is 1.83. The molecule has 3 heteroatoms. The number of hydrogen-bond acceptors (Lipinski definition) is 3. The van der Waals surface area contributed by atoms with Crippen molar-refractivity contribution in [2.24, 2.45) is 0 Å². The van der Waals surface area contributed by atoms with Gasteiger partial charge in [-0.2, -0.15) is 11.3 Å². The molecule has 3 rings (SSSR count). The minimum atomic E-state index is 0.361. The topological polar surface area (TPSA) is 25.2 Å². The zero-order chi connectivity index (χ0) is 13.9. The first-order chi connectivity index (χ1) is 9.79. The molecule has 2 nitrogen and oxygen atoms in total. The molecule has 0 aliphatic heterocycles. The van der Waals surface area contributed by atoms with Crippen molar-refractivity contribution in [2.75, 3.05) is 0 Å². The lowest BCUT2D eigenvalue weighted by molar-refractivity contribution is 0.530. The van der Waals surface area contributed by atoms with Crippen LogP contribution in [0.4, 0.5) is 0 Å². The summed E-state index contributed by atoms with van der Waals surface area (Å²) in [6.45, 7) is 5.19. The van der Waals surface area contributed by atoms with Crippen LogP contribution in [0.3, 0.4) is 0 Å². The van der Waals surface area contributed by atoms with Crippen LogP contribution in [0, 0.1) is 0 Å². The van der Waals surface area contributed by atoms with E-state index in [-0.39, 0.29) is 0 Å². The van der Waals surface area contributed by atoms with Gasteiger partial charge in [0.25, 0.3) is 0 Å². The highest BCUT2D eigenvalue weighted by molar-refractivity contribution is 7.07. The fraction of sp³-hybridized carbons (Fsp3) is 0.294. The molecular formula is C17H19NOS. The zero-order valence-corrected chi connectivity index (χ0v) is 12.7. The number of nitrogens with one attached hydrogen (secondary N) is 1. The van der Waals surface area contributed by atoms with Gasteiger partial charge in [0.1, 0.15) is 11.3 Å². The molecule has 0 saturated heterocycles.